The number of nitrogens with one attached hydrogen (secondary N) is 1. The highest BCUT2D eigenvalue weighted by Crippen LogP contribution is 2.27. The molecule has 6 nitrogen and oxygen atoms in total. The summed E-state index contributed by atoms with van der Waals surface area (Å²) < 4.78 is 16.7. The van der Waals surface area contributed by atoms with Gasteiger partial charge in [0.15, 0.2) is 5.58 Å². The van der Waals surface area contributed by atoms with Crippen molar-refractivity contribution in [3.05, 3.63) is 72.3 Å². The van der Waals surface area contributed by atoms with Gasteiger partial charge in [-0.3, -0.25) is 4.79 Å². The Kier molecular flexibility index (Phi) is 6.17. The Labute approximate surface area is 180 Å². The third-order valence-corrected chi connectivity index (χ3v) is 4.85. The molecule has 0 radical (unpaired) electrons. The Balaban J connectivity index is 1.45. The fourth-order valence-electron chi connectivity index (χ4n) is 3.12. The zero-order valence-corrected chi connectivity index (χ0v) is 17.6. The molecule has 1 amide bonds. The van der Waals surface area contributed by atoms with E-state index in [0.717, 1.165) is 29.7 Å². The van der Waals surface area contributed by atoms with E-state index >= 15 is 0 Å². The lowest BCUT2D eigenvalue weighted by Crippen LogP contribution is -2.12. The molecule has 1 aromatic heterocycles. The van der Waals surface area contributed by atoms with Crippen molar-refractivity contribution < 1.29 is 18.7 Å². The third kappa shape index (κ3) is 4.86. The first kappa shape index (κ1) is 20.5. The van der Waals surface area contributed by atoms with Crippen molar-refractivity contribution in [1.82, 2.24) is 4.98 Å². The molecule has 4 rings (SSSR count). The minimum atomic E-state index is -0.192. The molecule has 0 bridgehead atoms. The third-order valence-electron chi connectivity index (χ3n) is 4.85. The lowest BCUT2D eigenvalue weighted by molar-refractivity contribution is 0.102. The number of benzene rings is 3. The van der Waals surface area contributed by atoms with Crippen LogP contribution in [-0.2, 0) is 0 Å². The van der Waals surface area contributed by atoms with Gasteiger partial charge in [0.05, 0.1) is 13.7 Å². The van der Waals surface area contributed by atoms with Crippen LogP contribution < -0.4 is 14.8 Å². The molecule has 1 N–H and O–H groups in total. The second kappa shape index (κ2) is 9.34. The second-order valence-corrected chi connectivity index (χ2v) is 7.11. The topological polar surface area (TPSA) is 73.6 Å². The molecule has 3 aromatic carbocycles. The van der Waals surface area contributed by atoms with Gasteiger partial charge in [-0.2, -0.15) is 0 Å². The van der Waals surface area contributed by atoms with Gasteiger partial charge >= 0.3 is 0 Å². The van der Waals surface area contributed by atoms with Crippen LogP contribution in [0.25, 0.3) is 22.6 Å². The number of anilines is 1. The van der Waals surface area contributed by atoms with Crippen molar-refractivity contribution in [2.45, 2.75) is 19.8 Å². The molecule has 0 aliphatic carbocycles. The monoisotopic (exact) mass is 416 g/mol. The summed E-state index contributed by atoms with van der Waals surface area (Å²) in [5, 5.41) is 2.91. The molecule has 0 aliphatic heterocycles. The van der Waals surface area contributed by atoms with E-state index in [1.54, 1.807) is 19.2 Å². The van der Waals surface area contributed by atoms with Crippen LogP contribution in [0.3, 0.4) is 0 Å². The highest BCUT2D eigenvalue weighted by atomic mass is 16.5. The number of unbranched alkanes of at least 4 members (excludes halogenated alkanes) is 1. The van der Waals surface area contributed by atoms with Crippen LogP contribution in [0.4, 0.5) is 5.69 Å². The summed E-state index contributed by atoms with van der Waals surface area (Å²) in [5.74, 6) is 1.75. The van der Waals surface area contributed by atoms with Crippen LogP contribution in [0.2, 0.25) is 0 Å². The van der Waals surface area contributed by atoms with Gasteiger partial charge in [0.1, 0.15) is 17.0 Å². The summed E-state index contributed by atoms with van der Waals surface area (Å²) in [6.45, 7) is 2.76. The number of hydrogen-bond donors (Lipinski definition) is 1. The van der Waals surface area contributed by atoms with Gasteiger partial charge in [0.25, 0.3) is 5.91 Å². The lowest BCUT2D eigenvalue weighted by atomic mass is 10.1. The quantitative estimate of drug-likeness (QED) is 0.360. The average Bonchev–Trinajstić information content (AvgIpc) is 3.23. The number of fused-ring (bicyclic) bond motifs is 1. The molecule has 0 saturated carbocycles. The summed E-state index contributed by atoms with van der Waals surface area (Å²) in [7, 11) is 1.62. The molecule has 6 heteroatoms. The van der Waals surface area contributed by atoms with Gasteiger partial charge in [-0.25, -0.2) is 4.98 Å². The molecule has 4 aromatic rings. The Morgan fingerprint density at radius 3 is 2.65 bits per heavy atom. The van der Waals surface area contributed by atoms with Crippen LogP contribution in [0.1, 0.15) is 30.1 Å². The molecule has 0 fully saturated rings. The van der Waals surface area contributed by atoms with Crippen molar-refractivity contribution in [2.75, 3.05) is 19.0 Å². The van der Waals surface area contributed by atoms with E-state index in [4.69, 9.17) is 13.9 Å². The molecule has 31 heavy (non-hydrogen) atoms. The van der Waals surface area contributed by atoms with Crippen molar-refractivity contribution in [2.24, 2.45) is 0 Å². The Morgan fingerprint density at radius 1 is 1.03 bits per heavy atom. The Bertz CT molecular complexity index is 1180. The van der Waals surface area contributed by atoms with E-state index in [-0.39, 0.29) is 5.91 Å². The smallest absolute Gasteiger partial charge is 0.255 e. The number of amides is 1. The highest BCUT2D eigenvalue weighted by molar-refractivity contribution is 6.04. The predicted molar refractivity (Wildman–Crippen MR) is 121 cm³/mol. The Morgan fingerprint density at radius 2 is 1.87 bits per heavy atom. The van der Waals surface area contributed by atoms with Crippen LogP contribution >= 0.6 is 0 Å². The molecule has 0 spiro atoms. The second-order valence-electron chi connectivity index (χ2n) is 7.11. The molecule has 0 aliphatic rings. The van der Waals surface area contributed by atoms with Crippen molar-refractivity contribution in [1.29, 1.82) is 0 Å². The zero-order chi connectivity index (χ0) is 21.6. The molecule has 0 atom stereocenters. The number of oxazole rings is 1. The number of aromatic nitrogens is 1. The summed E-state index contributed by atoms with van der Waals surface area (Å²) in [5.41, 5.74) is 3.47. The molecule has 158 valence electrons. The van der Waals surface area contributed by atoms with Crippen molar-refractivity contribution in [3.8, 4) is 23.0 Å². The van der Waals surface area contributed by atoms with E-state index in [9.17, 15) is 4.79 Å². The molecular formula is C25H24N2O4. The molecule has 1 heterocycles. The van der Waals surface area contributed by atoms with Gasteiger partial charge in [0.2, 0.25) is 5.89 Å². The number of hydrogen-bond acceptors (Lipinski definition) is 5. The summed E-state index contributed by atoms with van der Waals surface area (Å²) in [6, 6.07) is 20.1. The van der Waals surface area contributed by atoms with Gasteiger partial charge in [-0.05, 0) is 61.0 Å². The number of carbonyl (C=O) groups is 1. The van der Waals surface area contributed by atoms with Crippen LogP contribution in [0.15, 0.2) is 71.1 Å². The minimum Gasteiger partial charge on any atom is -0.497 e. The number of nitrogens with zero attached hydrogens (tertiary/aromatic N) is 1. The fourth-order valence-corrected chi connectivity index (χ4v) is 3.12. The fraction of sp³-hybridized carbons (Fsp3) is 0.200. The number of methoxy groups -OCH3 is 1. The van der Waals surface area contributed by atoms with Crippen molar-refractivity contribution >= 4 is 22.7 Å². The number of carbonyl (C=O) groups excluding carboxylic acids is 1. The first-order chi connectivity index (χ1) is 15.2. The van der Waals surface area contributed by atoms with Gasteiger partial charge in [-0.1, -0.05) is 19.4 Å². The maximum Gasteiger partial charge on any atom is 0.255 e. The molecule has 0 unspecified atom stereocenters. The maximum absolute atomic E-state index is 12.6. The number of rotatable bonds is 8. The first-order valence-electron chi connectivity index (χ1n) is 10.3. The zero-order valence-electron chi connectivity index (χ0n) is 17.6. The van der Waals surface area contributed by atoms with Crippen LogP contribution in [0, 0.1) is 0 Å². The summed E-state index contributed by atoms with van der Waals surface area (Å²) in [6.07, 6.45) is 2.05. The SMILES string of the molecule is CCCCOc1cccc(C(=O)Nc2ccc(-c3nc4cc(OC)ccc4o3)cc2)c1. The summed E-state index contributed by atoms with van der Waals surface area (Å²) >= 11 is 0. The standard InChI is InChI=1S/C25H24N2O4/c1-3-4-14-30-21-7-5-6-18(15-21)24(28)26-19-10-8-17(9-11-19)25-27-22-16-20(29-2)12-13-23(22)31-25/h5-13,15-16H,3-4,14H2,1-2H3,(H,26,28). The van der Waals surface area contributed by atoms with E-state index in [1.165, 1.54) is 0 Å². The van der Waals surface area contributed by atoms with Gasteiger partial charge in [-0.15, -0.1) is 0 Å². The Hall–Kier alpha value is -3.80. The largest absolute Gasteiger partial charge is 0.497 e. The van der Waals surface area contributed by atoms with Crippen LogP contribution in [-0.4, -0.2) is 24.6 Å². The number of ether oxygens (including phenoxy) is 2. The molecular weight excluding hydrogens is 392 g/mol. The highest BCUT2D eigenvalue weighted by Gasteiger charge is 2.11. The van der Waals surface area contributed by atoms with E-state index < -0.39 is 0 Å². The molecule has 0 saturated heterocycles. The van der Waals surface area contributed by atoms with Crippen LogP contribution in [0.5, 0.6) is 11.5 Å². The lowest BCUT2D eigenvalue weighted by Gasteiger charge is -2.09. The predicted octanol–water partition coefficient (Wildman–Crippen LogP) is 5.93. The minimum absolute atomic E-state index is 0.192. The first-order valence-corrected chi connectivity index (χ1v) is 10.3. The van der Waals surface area contributed by atoms with E-state index in [2.05, 4.69) is 17.2 Å². The average molecular weight is 416 g/mol. The van der Waals surface area contributed by atoms with E-state index in [1.807, 2.05) is 54.6 Å². The van der Waals surface area contributed by atoms with Crippen molar-refractivity contribution in [3.63, 3.8) is 0 Å². The normalized spacial score (nSPS) is 10.8. The van der Waals surface area contributed by atoms with E-state index in [0.29, 0.717) is 35.1 Å². The van der Waals surface area contributed by atoms with Gasteiger partial charge in [0, 0.05) is 22.9 Å². The van der Waals surface area contributed by atoms with Gasteiger partial charge < -0.3 is 19.2 Å². The maximum atomic E-state index is 12.6. The summed E-state index contributed by atoms with van der Waals surface area (Å²) in [4.78, 5) is 17.1.